The van der Waals surface area contributed by atoms with Gasteiger partial charge < -0.3 is 9.47 Å². The van der Waals surface area contributed by atoms with Gasteiger partial charge in [-0.05, 0) is 68.7 Å². The van der Waals surface area contributed by atoms with Crippen LogP contribution in [0, 0.1) is 6.92 Å². The van der Waals surface area contributed by atoms with Crippen LogP contribution < -0.4 is 9.47 Å². The zero-order chi connectivity index (χ0) is 18.0. The molecule has 1 aliphatic rings. The van der Waals surface area contributed by atoms with Crippen LogP contribution in [-0.2, 0) is 6.42 Å². The molecule has 0 atom stereocenters. The number of carbonyl (C=O) groups is 1. The van der Waals surface area contributed by atoms with Crippen LogP contribution in [0.25, 0.3) is 6.08 Å². The highest BCUT2D eigenvalue weighted by Crippen LogP contribution is 2.31. The lowest BCUT2D eigenvalue weighted by Crippen LogP contribution is -2.27. The molecule has 130 valence electrons. The van der Waals surface area contributed by atoms with Gasteiger partial charge in [0.1, 0.15) is 17.1 Å². The SMILES string of the molecule is COc1cc(CCC(=O)c2ccc3c(c2)C=CC(C)(C)O3)ccc1C. The third-order valence-electron chi connectivity index (χ3n) is 4.48. The Morgan fingerprint density at radius 1 is 1.16 bits per heavy atom. The van der Waals surface area contributed by atoms with Crippen LogP contribution in [0.15, 0.2) is 42.5 Å². The van der Waals surface area contributed by atoms with Gasteiger partial charge in [0.15, 0.2) is 5.78 Å². The topological polar surface area (TPSA) is 35.5 Å². The molecule has 0 aromatic heterocycles. The number of fused-ring (bicyclic) bond motifs is 1. The summed E-state index contributed by atoms with van der Waals surface area (Å²) in [6.45, 7) is 6.04. The fourth-order valence-electron chi connectivity index (χ4n) is 2.98. The zero-order valence-corrected chi connectivity index (χ0v) is 15.3. The van der Waals surface area contributed by atoms with Crippen LogP contribution in [-0.4, -0.2) is 18.5 Å². The van der Waals surface area contributed by atoms with E-state index in [1.54, 1.807) is 7.11 Å². The van der Waals surface area contributed by atoms with Crippen molar-refractivity contribution in [1.29, 1.82) is 0 Å². The van der Waals surface area contributed by atoms with Gasteiger partial charge in [-0.3, -0.25) is 4.79 Å². The minimum absolute atomic E-state index is 0.139. The minimum Gasteiger partial charge on any atom is -0.496 e. The molecule has 0 unspecified atom stereocenters. The molecular weight excluding hydrogens is 312 g/mol. The summed E-state index contributed by atoms with van der Waals surface area (Å²) in [5.41, 5.74) is 3.59. The summed E-state index contributed by atoms with van der Waals surface area (Å²) >= 11 is 0. The largest absolute Gasteiger partial charge is 0.496 e. The van der Waals surface area contributed by atoms with Gasteiger partial charge in [-0.2, -0.15) is 0 Å². The second-order valence-corrected chi connectivity index (χ2v) is 7.02. The number of aryl methyl sites for hydroxylation is 2. The molecule has 0 radical (unpaired) electrons. The van der Waals surface area contributed by atoms with E-state index in [4.69, 9.17) is 9.47 Å². The van der Waals surface area contributed by atoms with Crippen LogP contribution in [0.2, 0.25) is 0 Å². The first-order chi connectivity index (χ1) is 11.9. The summed E-state index contributed by atoms with van der Waals surface area (Å²) < 4.78 is 11.3. The lowest BCUT2D eigenvalue weighted by Gasteiger charge is -2.27. The second kappa shape index (κ2) is 6.75. The van der Waals surface area contributed by atoms with Crippen LogP contribution in [0.5, 0.6) is 11.5 Å². The monoisotopic (exact) mass is 336 g/mol. The molecule has 25 heavy (non-hydrogen) atoms. The number of Topliss-reactive ketones (excluding diaryl/α,β-unsaturated/α-hetero) is 1. The van der Waals surface area contributed by atoms with Gasteiger partial charge in [-0.1, -0.05) is 18.2 Å². The molecule has 1 heterocycles. The summed E-state index contributed by atoms with van der Waals surface area (Å²) in [6, 6.07) is 11.8. The number of hydrogen-bond donors (Lipinski definition) is 0. The maximum atomic E-state index is 12.6. The van der Waals surface area contributed by atoms with E-state index in [0.29, 0.717) is 12.8 Å². The molecule has 0 saturated heterocycles. The van der Waals surface area contributed by atoms with Crippen molar-refractivity contribution in [3.8, 4) is 11.5 Å². The normalized spacial score (nSPS) is 14.6. The number of methoxy groups -OCH3 is 1. The molecule has 0 fully saturated rings. The fraction of sp³-hybridized carbons (Fsp3) is 0.318. The van der Waals surface area contributed by atoms with Gasteiger partial charge in [0, 0.05) is 17.5 Å². The van der Waals surface area contributed by atoms with Crippen molar-refractivity contribution in [2.75, 3.05) is 7.11 Å². The van der Waals surface area contributed by atoms with Crippen molar-refractivity contribution >= 4 is 11.9 Å². The lowest BCUT2D eigenvalue weighted by atomic mass is 9.97. The molecule has 3 heteroatoms. The zero-order valence-electron chi connectivity index (χ0n) is 15.3. The first-order valence-corrected chi connectivity index (χ1v) is 8.57. The predicted molar refractivity (Wildman–Crippen MR) is 101 cm³/mol. The number of rotatable bonds is 5. The van der Waals surface area contributed by atoms with Crippen molar-refractivity contribution < 1.29 is 14.3 Å². The van der Waals surface area contributed by atoms with Crippen molar-refractivity contribution in [2.24, 2.45) is 0 Å². The van der Waals surface area contributed by atoms with Gasteiger partial charge in [-0.25, -0.2) is 0 Å². The van der Waals surface area contributed by atoms with Gasteiger partial charge in [0.2, 0.25) is 0 Å². The molecule has 1 aliphatic heterocycles. The highest BCUT2D eigenvalue weighted by molar-refractivity contribution is 5.97. The van der Waals surface area contributed by atoms with E-state index in [1.165, 1.54) is 0 Å². The van der Waals surface area contributed by atoms with Gasteiger partial charge in [-0.15, -0.1) is 0 Å². The third-order valence-corrected chi connectivity index (χ3v) is 4.48. The van der Waals surface area contributed by atoms with E-state index in [2.05, 4.69) is 6.07 Å². The lowest BCUT2D eigenvalue weighted by molar-refractivity contribution is 0.0982. The Morgan fingerprint density at radius 3 is 2.72 bits per heavy atom. The summed E-state index contributed by atoms with van der Waals surface area (Å²) in [6.07, 6.45) is 5.22. The number of ether oxygens (including phenoxy) is 2. The Morgan fingerprint density at radius 2 is 1.96 bits per heavy atom. The standard InChI is InChI=1S/C22H24O3/c1-15-5-6-16(13-21(15)24-4)7-9-19(23)17-8-10-20-18(14-17)11-12-22(2,3)25-20/h5-6,8,10-14H,7,9H2,1-4H3. The molecule has 3 rings (SSSR count). The van der Waals surface area contributed by atoms with Crippen molar-refractivity contribution in [2.45, 2.75) is 39.2 Å². The van der Waals surface area contributed by atoms with Gasteiger partial charge >= 0.3 is 0 Å². The highest BCUT2D eigenvalue weighted by atomic mass is 16.5. The van der Waals surface area contributed by atoms with E-state index in [1.807, 2.05) is 63.3 Å². The van der Waals surface area contributed by atoms with E-state index in [9.17, 15) is 4.79 Å². The maximum Gasteiger partial charge on any atom is 0.163 e. The Hall–Kier alpha value is -2.55. The van der Waals surface area contributed by atoms with Crippen LogP contribution in [0.1, 0.15) is 47.3 Å². The summed E-state index contributed by atoms with van der Waals surface area (Å²) in [7, 11) is 1.67. The number of hydrogen-bond acceptors (Lipinski definition) is 3. The fourth-order valence-corrected chi connectivity index (χ4v) is 2.98. The molecule has 2 aromatic rings. The first kappa shape index (κ1) is 17.3. The second-order valence-electron chi connectivity index (χ2n) is 7.02. The highest BCUT2D eigenvalue weighted by Gasteiger charge is 2.22. The number of carbonyl (C=O) groups excluding carboxylic acids is 1. The molecule has 0 saturated carbocycles. The van der Waals surface area contributed by atoms with Gasteiger partial charge in [0.05, 0.1) is 7.11 Å². The molecule has 2 aromatic carbocycles. The average Bonchev–Trinajstić information content (AvgIpc) is 2.59. The van der Waals surface area contributed by atoms with Crippen molar-refractivity contribution in [1.82, 2.24) is 0 Å². The Labute approximate surface area is 149 Å². The summed E-state index contributed by atoms with van der Waals surface area (Å²) in [5, 5.41) is 0. The Balaban J connectivity index is 1.70. The average molecular weight is 336 g/mol. The van der Waals surface area contributed by atoms with E-state index in [-0.39, 0.29) is 11.4 Å². The van der Waals surface area contributed by atoms with Crippen molar-refractivity contribution in [3.05, 3.63) is 64.7 Å². The predicted octanol–water partition coefficient (Wildman–Crippen LogP) is 5.00. The number of benzene rings is 2. The molecular formula is C22H24O3. The van der Waals surface area contributed by atoms with E-state index >= 15 is 0 Å². The Kier molecular flexibility index (Phi) is 4.67. The minimum atomic E-state index is -0.303. The molecule has 0 amide bonds. The summed E-state index contributed by atoms with van der Waals surface area (Å²) in [5.74, 6) is 1.83. The molecule has 0 N–H and O–H groups in total. The van der Waals surface area contributed by atoms with Gasteiger partial charge in [0.25, 0.3) is 0 Å². The van der Waals surface area contributed by atoms with E-state index < -0.39 is 0 Å². The smallest absolute Gasteiger partial charge is 0.163 e. The van der Waals surface area contributed by atoms with Crippen LogP contribution >= 0.6 is 0 Å². The molecule has 0 bridgehead atoms. The van der Waals surface area contributed by atoms with E-state index in [0.717, 1.165) is 33.8 Å². The molecule has 3 nitrogen and oxygen atoms in total. The van der Waals surface area contributed by atoms with Crippen molar-refractivity contribution in [3.63, 3.8) is 0 Å². The van der Waals surface area contributed by atoms with Crippen LogP contribution in [0.3, 0.4) is 0 Å². The quantitative estimate of drug-likeness (QED) is 0.721. The maximum absolute atomic E-state index is 12.6. The summed E-state index contributed by atoms with van der Waals surface area (Å²) in [4.78, 5) is 12.6. The molecule has 0 spiro atoms. The first-order valence-electron chi connectivity index (χ1n) is 8.57. The van der Waals surface area contributed by atoms with Crippen LogP contribution in [0.4, 0.5) is 0 Å². The molecule has 0 aliphatic carbocycles. The Bertz CT molecular complexity index is 831. The third kappa shape index (κ3) is 3.93. The number of ketones is 1.